The highest BCUT2D eigenvalue weighted by Crippen LogP contribution is 2.34. The smallest absolute Gasteiger partial charge is 0.146 e. The molecule has 2 aromatic rings. The molecule has 2 aromatic carbocycles. The van der Waals surface area contributed by atoms with Crippen LogP contribution in [-0.2, 0) is 0 Å². The van der Waals surface area contributed by atoms with Crippen LogP contribution in [0.15, 0.2) is 36.4 Å². The molecule has 0 aliphatic heterocycles. The molecule has 0 aromatic heterocycles. The minimum absolute atomic E-state index is 0.349. The van der Waals surface area contributed by atoms with Crippen molar-refractivity contribution in [3.63, 3.8) is 0 Å². The number of hydrogen-bond donors (Lipinski definition) is 1. The fraction of sp³-hybridized carbons (Fsp3) is 0. The lowest BCUT2D eigenvalue weighted by Crippen LogP contribution is -1.89. The SMILES string of the molecule is N#Cc1ccc(Oc2ccc(N)cc2Cl)c(Cl)c1. The van der Waals surface area contributed by atoms with E-state index < -0.39 is 0 Å². The van der Waals surface area contributed by atoms with Crippen LogP contribution < -0.4 is 10.5 Å². The quantitative estimate of drug-likeness (QED) is 0.836. The van der Waals surface area contributed by atoms with E-state index in [1.165, 1.54) is 6.07 Å². The van der Waals surface area contributed by atoms with Crippen LogP contribution in [0.1, 0.15) is 5.56 Å². The third-order valence-electron chi connectivity index (χ3n) is 2.24. The summed E-state index contributed by atoms with van der Waals surface area (Å²) in [5.74, 6) is 0.889. The molecule has 0 unspecified atom stereocenters. The van der Waals surface area contributed by atoms with Gasteiger partial charge in [-0.05, 0) is 36.4 Å². The van der Waals surface area contributed by atoms with Gasteiger partial charge in [-0.15, -0.1) is 0 Å². The number of benzene rings is 2. The van der Waals surface area contributed by atoms with E-state index in [2.05, 4.69) is 0 Å². The number of hydrogen-bond acceptors (Lipinski definition) is 3. The molecular formula is C13H8Cl2N2O. The first-order valence-electron chi connectivity index (χ1n) is 5.02. The van der Waals surface area contributed by atoms with Crippen molar-refractivity contribution >= 4 is 28.9 Å². The topological polar surface area (TPSA) is 59.0 Å². The molecule has 0 bridgehead atoms. The Bertz CT molecular complexity index is 635. The summed E-state index contributed by atoms with van der Waals surface area (Å²) in [7, 11) is 0. The number of nitrogens with zero attached hydrogens (tertiary/aromatic N) is 1. The average Bonchev–Trinajstić information content (AvgIpc) is 2.34. The number of halogens is 2. The van der Waals surface area contributed by atoms with Gasteiger partial charge in [0.15, 0.2) is 0 Å². The number of ether oxygens (including phenoxy) is 1. The molecule has 0 saturated carbocycles. The zero-order valence-electron chi connectivity index (χ0n) is 9.15. The van der Waals surface area contributed by atoms with Gasteiger partial charge in [0.25, 0.3) is 0 Å². The highest BCUT2D eigenvalue weighted by Gasteiger charge is 2.07. The van der Waals surface area contributed by atoms with Crippen molar-refractivity contribution in [2.24, 2.45) is 0 Å². The average molecular weight is 279 g/mol. The second-order valence-electron chi connectivity index (χ2n) is 3.55. The molecule has 0 radical (unpaired) electrons. The van der Waals surface area contributed by atoms with Gasteiger partial charge in [-0.3, -0.25) is 0 Å². The lowest BCUT2D eigenvalue weighted by Gasteiger charge is -2.09. The van der Waals surface area contributed by atoms with Gasteiger partial charge in [-0.1, -0.05) is 23.2 Å². The Hall–Kier alpha value is -1.89. The summed E-state index contributed by atoms with van der Waals surface area (Å²) in [5, 5.41) is 9.48. The first-order valence-corrected chi connectivity index (χ1v) is 5.78. The molecule has 90 valence electrons. The third-order valence-corrected chi connectivity index (χ3v) is 2.83. The molecule has 0 amide bonds. The van der Waals surface area contributed by atoms with Crippen molar-refractivity contribution in [1.82, 2.24) is 0 Å². The van der Waals surface area contributed by atoms with E-state index in [9.17, 15) is 0 Å². The number of rotatable bonds is 2. The Morgan fingerprint density at radius 3 is 2.17 bits per heavy atom. The molecular weight excluding hydrogens is 271 g/mol. The number of nitrogen functional groups attached to an aromatic ring is 1. The largest absolute Gasteiger partial charge is 0.454 e. The lowest BCUT2D eigenvalue weighted by atomic mass is 10.2. The molecule has 3 nitrogen and oxygen atoms in total. The zero-order chi connectivity index (χ0) is 13.1. The summed E-state index contributed by atoms with van der Waals surface area (Å²) < 4.78 is 5.57. The number of anilines is 1. The van der Waals surface area contributed by atoms with Crippen molar-refractivity contribution in [3.8, 4) is 17.6 Å². The first kappa shape index (κ1) is 12.6. The van der Waals surface area contributed by atoms with E-state index >= 15 is 0 Å². The Kier molecular flexibility index (Phi) is 3.61. The van der Waals surface area contributed by atoms with Crippen LogP contribution in [0.2, 0.25) is 10.0 Å². The van der Waals surface area contributed by atoms with E-state index in [0.29, 0.717) is 32.8 Å². The summed E-state index contributed by atoms with van der Waals surface area (Å²) in [4.78, 5) is 0. The zero-order valence-corrected chi connectivity index (χ0v) is 10.7. The number of nitriles is 1. The predicted octanol–water partition coefficient (Wildman–Crippen LogP) is 4.24. The molecule has 0 fully saturated rings. The summed E-state index contributed by atoms with van der Waals surface area (Å²) in [6.07, 6.45) is 0. The Labute approximate surface area is 114 Å². The minimum atomic E-state index is 0.349. The third kappa shape index (κ3) is 2.67. The van der Waals surface area contributed by atoms with E-state index in [1.807, 2.05) is 6.07 Å². The van der Waals surface area contributed by atoms with E-state index in [0.717, 1.165) is 0 Å². The van der Waals surface area contributed by atoms with Crippen LogP contribution in [0.5, 0.6) is 11.5 Å². The van der Waals surface area contributed by atoms with Gasteiger partial charge in [0, 0.05) is 5.69 Å². The maximum atomic E-state index is 8.73. The van der Waals surface area contributed by atoms with Gasteiger partial charge in [-0.25, -0.2) is 0 Å². The predicted molar refractivity (Wildman–Crippen MR) is 72.1 cm³/mol. The van der Waals surface area contributed by atoms with Crippen LogP contribution >= 0.6 is 23.2 Å². The Morgan fingerprint density at radius 1 is 1.00 bits per heavy atom. The molecule has 0 saturated heterocycles. The molecule has 0 spiro atoms. The second kappa shape index (κ2) is 5.18. The molecule has 2 N–H and O–H groups in total. The van der Waals surface area contributed by atoms with Crippen LogP contribution in [0.3, 0.4) is 0 Å². The summed E-state index contributed by atoms with van der Waals surface area (Å²) >= 11 is 12.0. The fourth-order valence-corrected chi connectivity index (χ4v) is 1.82. The standard InChI is InChI=1S/C13H8Cl2N2O/c14-10-5-8(7-16)1-3-12(10)18-13-4-2-9(17)6-11(13)15/h1-6H,17H2. The molecule has 18 heavy (non-hydrogen) atoms. The number of nitrogens with two attached hydrogens (primary N) is 1. The molecule has 2 rings (SSSR count). The maximum Gasteiger partial charge on any atom is 0.146 e. The molecule has 0 aliphatic rings. The van der Waals surface area contributed by atoms with Crippen LogP contribution in [0.4, 0.5) is 5.69 Å². The maximum absolute atomic E-state index is 8.73. The minimum Gasteiger partial charge on any atom is -0.454 e. The fourth-order valence-electron chi connectivity index (χ4n) is 1.37. The van der Waals surface area contributed by atoms with Crippen LogP contribution in [-0.4, -0.2) is 0 Å². The van der Waals surface area contributed by atoms with Crippen molar-refractivity contribution < 1.29 is 4.74 Å². The summed E-state index contributed by atoms with van der Waals surface area (Å²) in [6.45, 7) is 0. The normalized spacial score (nSPS) is 9.83. The molecule has 0 aliphatic carbocycles. The van der Waals surface area contributed by atoms with Gasteiger partial charge < -0.3 is 10.5 Å². The Balaban J connectivity index is 2.32. The van der Waals surface area contributed by atoms with Gasteiger partial charge in [0.1, 0.15) is 11.5 Å². The highest BCUT2D eigenvalue weighted by atomic mass is 35.5. The molecule has 0 atom stereocenters. The van der Waals surface area contributed by atoms with Crippen molar-refractivity contribution in [3.05, 3.63) is 52.0 Å². The highest BCUT2D eigenvalue weighted by molar-refractivity contribution is 6.33. The van der Waals surface area contributed by atoms with E-state index in [-0.39, 0.29) is 0 Å². The Morgan fingerprint density at radius 2 is 1.61 bits per heavy atom. The first-order chi connectivity index (χ1) is 8.60. The summed E-state index contributed by atoms with van der Waals surface area (Å²) in [5.41, 5.74) is 6.61. The van der Waals surface area contributed by atoms with E-state index in [1.54, 1.807) is 30.3 Å². The van der Waals surface area contributed by atoms with Gasteiger partial charge in [0.2, 0.25) is 0 Å². The van der Waals surface area contributed by atoms with Gasteiger partial charge in [0.05, 0.1) is 21.7 Å². The summed E-state index contributed by atoms with van der Waals surface area (Å²) in [6, 6.07) is 11.7. The van der Waals surface area contributed by atoms with E-state index in [4.69, 9.17) is 38.9 Å². The van der Waals surface area contributed by atoms with Gasteiger partial charge >= 0.3 is 0 Å². The molecule has 5 heteroatoms. The van der Waals surface area contributed by atoms with Gasteiger partial charge in [-0.2, -0.15) is 5.26 Å². The second-order valence-corrected chi connectivity index (χ2v) is 4.36. The van der Waals surface area contributed by atoms with Crippen molar-refractivity contribution in [2.45, 2.75) is 0 Å². The monoisotopic (exact) mass is 278 g/mol. The van der Waals surface area contributed by atoms with Crippen LogP contribution in [0.25, 0.3) is 0 Å². The van der Waals surface area contributed by atoms with Crippen LogP contribution in [0, 0.1) is 11.3 Å². The lowest BCUT2D eigenvalue weighted by molar-refractivity contribution is 0.483. The van der Waals surface area contributed by atoms with Crippen molar-refractivity contribution in [1.29, 1.82) is 5.26 Å². The molecule has 0 heterocycles. The van der Waals surface area contributed by atoms with Crippen molar-refractivity contribution in [2.75, 3.05) is 5.73 Å².